The minimum Gasteiger partial charge on any atom is -0.497 e. The number of piperidine rings is 1. The largest absolute Gasteiger partial charge is 0.497 e. The molecule has 0 aliphatic carbocycles. The number of carbonyl (C=O) groups is 1. The number of ether oxygens (including phenoxy) is 1. The molecule has 0 aromatic heterocycles. The summed E-state index contributed by atoms with van der Waals surface area (Å²) in [7, 11) is -2.10. The third-order valence-corrected chi connectivity index (χ3v) is 7.16. The Kier molecular flexibility index (Phi) is 6.38. The van der Waals surface area contributed by atoms with E-state index in [1.54, 1.807) is 12.1 Å². The lowest BCUT2D eigenvalue weighted by atomic mass is 9.99. The molecular weight excluding hydrogens is 479 g/mol. The fourth-order valence-corrected chi connectivity index (χ4v) is 4.93. The zero-order valence-electron chi connectivity index (χ0n) is 14.9. The second-order valence-electron chi connectivity index (χ2n) is 6.37. The van der Waals surface area contributed by atoms with E-state index in [4.69, 9.17) is 4.74 Å². The molecule has 8 heteroatoms. The molecule has 1 aliphatic rings. The highest BCUT2D eigenvalue weighted by Gasteiger charge is 2.33. The van der Waals surface area contributed by atoms with Crippen molar-refractivity contribution in [2.75, 3.05) is 25.5 Å². The number of nitrogens with one attached hydrogen (secondary N) is 1. The van der Waals surface area contributed by atoms with Crippen molar-refractivity contribution < 1.29 is 17.9 Å². The summed E-state index contributed by atoms with van der Waals surface area (Å²) >= 11 is 2.20. The van der Waals surface area contributed by atoms with Crippen LogP contribution in [0.5, 0.6) is 5.75 Å². The fourth-order valence-electron chi connectivity index (χ4n) is 3.05. The summed E-state index contributed by atoms with van der Waals surface area (Å²) in [5.74, 6) is 0.0826. The number of hydrogen-bond donors (Lipinski definition) is 1. The quantitative estimate of drug-likeness (QED) is 0.640. The molecule has 2 aromatic carbocycles. The van der Waals surface area contributed by atoms with E-state index in [2.05, 4.69) is 27.9 Å². The van der Waals surface area contributed by atoms with Crippen LogP contribution in [0, 0.1) is 9.49 Å². The summed E-state index contributed by atoms with van der Waals surface area (Å²) < 4.78 is 33.4. The number of amides is 1. The van der Waals surface area contributed by atoms with Crippen LogP contribution in [0.15, 0.2) is 53.4 Å². The van der Waals surface area contributed by atoms with Gasteiger partial charge in [0.25, 0.3) is 0 Å². The molecule has 0 saturated carbocycles. The van der Waals surface area contributed by atoms with Crippen molar-refractivity contribution in [2.45, 2.75) is 17.7 Å². The molecule has 1 atom stereocenters. The number of hydrogen-bond acceptors (Lipinski definition) is 4. The molecule has 0 unspecified atom stereocenters. The van der Waals surface area contributed by atoms with Crippen LogP contribution < -0.4 is 10.1 Å². The van der Waals surface area contributed by atoms with E-state index in [-0.39, 0.29) is 23.3 Å². The number of benzene rings is 2. The Morgan fingerprint density at radius 3 is 2.44 bits per heavy atom. The van der Waals surface area contributed by atoms with Gasteiger partial charge in [0.1, 0.15) is 5.75 Å². The van der Waals surface area contributed by atoms with Gasteiger partial charge in [0.2, 0.25) is 15.9 Å². The molecule has 1 heterocycles. The maximum atomic E-state index is 12.9. The Bertz CT molecular complexity index is 898. The maximum Gasteiger partial charge on any atom is 0.243 e. The lowest BCUT2D eigenvalue weighted by Gasteiger charge is -2.31. The van der Waals surface area contributed by atoms with Gasteiger partial charge >= 0.3 is 0 Å². The number of sulfonamides is 1. The van der Waals surface area contributed by atoms with Gasteiger partial charge in [-0.3, -0.25) is 4.79 Å². The smallest absolute Gasteiger partial charge is 0.243 e. The number of methoxy groups -OCH3 is 1. The first-order chi connectivity index (χ1) is 12.9. The molecule has 6 nitrogen and oxygen atoms in total. The van der Waals surface area contributed by atoms with E-state index in [0.717, 1.165) is 9.26 Å². The average molecular weight is 500 g/mol. The molecule has 3 rings (SSSR count). The lowest BCUT2D eigenvalue weighted by Crippen LogP contribution is -2.43. The summed E-state index contributed by atoms with van der Waals surface area (Å²) in [5, 5.41) is 2.89. The van der Waals surface area contributed by atoms with Crippen molar-refractivity contribution in [2.24, 2.45) is 5.92 Å². The first-order valence-corrected chi connectivity index (χ1v) is 11.1. The number of rotatable bonds is 5. The van der Waals surface area contributed by atoms with Gasteiger partial charge < -0.3 is 10.1 Å². The Hall–Kier alpha value is -1.65. The van der Waals surface area contributed by atoms with Gasteiger partial charge in [-0.1, -0.05) is 0 Å². The van der Waals surface area contributed by atoms with Crippen molar-refractivity contribution in [3.8, 4) is 5.75 Å². The van der Waals surface area contributed by atoms with Crippen LogP contribution in [0.3, 0.4) is 0 Å². The molecule has 0 bridgehead atoms. The molecule has 1 aliphatic heterocycles. The van der Waals surface area contributed by atoms with Gasteiger partial charge in [0, 0.05) is 22.3 Å². The van der Waals surface area contributed by atoms with Crippen LogP contribution in [0.25, 0.3) is 0 Å². The summed E-state index contributed by atoms with van der Waals surface area (Å²) in [6.45, 7) is 0.603. The molecular formula is C19H21IN2O4S. The Morgan fingerprint density at radius 2 is 1.81 bits per heavy atom. The number of anilines is 1. The first-order valence-electron chi connectivity index (χ1n) is 8.61. The summed E-state index contributed by atoms with van der Waals surface area (Å²) in [5.41, 5.74) is 0.718. The van der Waals surface area contributed by atoms with Crippen LogP contribution in [0.4, 0.5) is 5.69 Å². The summed E-state index contributed by atoms with van der Waals surface area (Å²) in [4.78, 5) is 12.8. The number of carbonyl (C=O) groups excluding carboxylic acids is 1. The molecule has 1 saturated heterocycles. The molecule has 2 aromatic rings. The van der Waals surface area contributed by atoms with Crippen LogP contribution in [0.2, 0.25) is 0 Å². The van der Waals surface area contributed by atoms with Crippen LogP contribution in [-0.4, -0.2) is 38.8 Å². The van der Waals surface area contributed by atoms with Crippen molar-refractivity contribution in [1.82, 2.24) is 4.31 Å². The Balaban J connectivity index is 1.70. The molecule has 1 N–H and O–H groups in total. The normalized spacial score (nSPS) is 18.1. The van der Waals surface area contributed by atoms with Gasteiger partial charge in [-0.05, 0) is 84.0 Å². The van der Waals surface area contributed by atoms with E-state index in [1.807, 2.05) is 24.3 Å². The second-order valence-corrected chi connectivity index (χ2v) is 9.56. The average Bonchev–Trinajstić information content (AvgIpc) is 2.70. The third-order valence-electron chi connectivity index (χ3n) is 4.56. The van der Waals surface area contributed by atoms with E-state index in [0.29, 0.717) is 25.1 Å². The zero-order valence-corrected chi connectivity index (χ0v) is 17.9. The molecule has 0 spiro atoms. The predicted octanol–water partition coefficient (Wildman–Crippen LogP) is 3.34. The maximum absolute atomic E-state index is 12.9. The topological polar surface area (TPSA) is 75.7 Å². The zero-order chi connectivity index (χ0) is 19.4. The Labute approximate surface area is 173 Å². The highest BCUT2D eigenvalue weighted by atomic mass is 127. The minimum atomic E-state index is -3.64. The van der Waals surface area contributed by atoms with Crippen molar-refractivity contribution in [3.05, 3.63) is 52.1 Å². The number of halogens is 1. The minimum absolute atomic E-state index is 0.147. The monoisotopic (exact) mass is 500 g/mol. The van der Waals surface area contributed by atoms with Crippen molar-refractivity contribution in [3.63, 3.8) is 0 Å². The standard InChI is InChI=1S/C19H21IN2O4S/c1-26-17-8-10-18(11-9-17)27(24,25)22-12-2-3-14(13-22)19(23)21-16-6-4-15(20)5-7-16/h4-11,14H,2-3,12-13H2,1H3,(H,21,23)/t14-/m1/s1. The van der Waals surface area contributed by atoms with Crippen molar-refractivity contribution >= 4 is 44.2 Å². The van der Waals surface area contributed by atoms with Crippen LogP contribution >= 0.6 is 22.6 Å². The molecule has 144 valence electrons. The SMILES string of the molecule is COc1ccc(S(=O)(=O)N2CCC[C@@H](C(=O)Nc3ccc(I)cc3)C2)cc1. The van der Waals surface area contributed by atoms with Gasteiger partial charge in [0.05, 0.1) is 17.9 Å². The Morgan fingerprint density at radius 1 is 1.15 bits per heavy atom. The fraction of sp³-hybridized carbons (Fsp3) is 0.316. The van der Waals surface area contributed by atoms with Gasteiger partial charge in [-0.15, -0.1) is 0 Å². The van der Waals surface area contributed by atoms with Gasteiger partial charge in [-0.2, -0.15) is 4.31 Å². The highest BCUT2D eigenvalue weighted by Crippen LogP contribution is 2.26. The summed E-state index contributed by atoms with van der Waals surface area (Å²) in [6, 6.07) is 13.8. The van der Waals surface area contributed by atoms with E-state index >= 15 is 0 Å². The molecule has 1 fully saturated rings. The van der Waals surface area contributed by atoms with Crippen molar-refractivity contribution in [1.29, 1.82) is 0 Å². The lowest BCUT2D eigenvalue weighted by molar-refractivity contribution is -0.120. The van der Waals surface area contributed by atoms with Crippen LogP contribution in [-0.2, 0) is 14.8 Å². The summed E-state index contributed by atoms with van der Waals surface area (Å²) in [6.07, 6.45) is 1.32. The molecule has 1 amide bonds. The predicted molar refractivity (Wildman–Crippen MR) is 112 cm³/mol. The highest BCUT2D eigenvalue weighted by molar-refractivity contribution is 14.1. The third kappa shape index (κ3) is 4.80. The second kappa shape index (κ2) is 8.57. The van der Waals surface area contributed by atoms with E-state index in [9.17, 15) is 13.2 Å². The van der Waals surface area contributed by atoms with E-state index < -0.39 is 10.0 Å². The molecule has 27 heavy (non-hydrogen) atoms. The number of nitrogens with zero attached hydrogens (tertiary/aromatic N) is 1. The molecule has 0 radical (unpaired) electrons. The first kappa shape index (κ1) is 20.1. The van der Waals surface area contributed by atoms with Crippen LogP contribution in [0.1, 0.15) is 12.8 Å². The van der Waals surface area contributed by atoms with Gasteiger partial charge in [0.15, 0.2) is 0 Å². The van der Waals surface area contributed by atoms with E-state index in [1.165, 1.54) is 23.5 Å². The van der Waals surface area contributed by atoms with Gasteiger partial charge in [-0.25, -0.2) is 8.42 Å².